The first-order chi connectivity index (χ1) is 12.1. The van der Waals surface area contributed by atoms with Crippen LogP contribution in [-0.4, -0.2) is 54.4 Å². The molecule has 1 amide bonds. The number of aromatic nitrogens is 6. The SMILES string of the molecule is Cc1cc(N2CCCC2CNC(=O)c2cnn(C)c2)n2ncnc2n1. The Bertz CT molecular complexity index is 914. The number of nitrogens with zero attached hydrogens (tertiary/aromatic N) is 7. The minimum atomic E-state index is -0.100. The first kappa shape index (κ1) is 15.6. The van der Waals surface area contributed by atoms with Crippen LogP contribution in [0.15, 0.2) is 24.8 Å². The van der Waals surface area contributed by atoms with Crippen molar-refractivity contribution in [3.8, 4) is 0 Å². The van der Waals surface area contributed by atoms with Crippen molar-refractivity contribution in [1.82, 2.24) is 34.7 Å². The first-order valence-electron chi connectivity index (χ1n) is 8.32. The monoisotopic (exact) mass is 340 g/mol. The number of hydrogen-bond donors (Lipinski definition) is 1. The number of rotatable bonds is 4. The van der Waals surface area contributed by atoms with Crippen molar-refractivity contribution in [2.75, 3.05) is 18.0 Å². The third kappa shape index (κ3) is 2.92. The maximum absolute atomic E-state index is 12.3. The van der Waals surface area contributed by atoms with Gasteiger partial charge in [-0.3, -0.25) is 9.48 Å². The van der Waals surface area contributed by atoms with E-state index in [0.717, 1.165) is 30.9 Å². The Morgan fingerprint density at radius 1 is 1.40 bits per heavy atom. The van der Waals surface area contributed by atoms with Crippen LogP contribution >= 0.6 is 0 Å². The third-order valence-corrected chi connectivity index (χ3v) is 4.50. The van der Waals surface area contributed by atoms with Crippen molar-refractivity contribution in [1.29, 1.82) is 0 Å². The van der Waals surface area contributed by atoms with Gasteiger partial charge in [0.1, 0.15) is 12.1 Å². The fourth-order valence-corrected chi connectivity index (χ4v) is 3.32. The zero-order valence-corrected chi connectivity index (χ0v) is 14.3. The highest BCUT2D eigenvalue weighted by Crippen LogP contribution is 2.25. The number of anilines is 1. The molecule has 4 rings (SSSR count). The van der Waals surface area contributed by atoms with E-state index in [2.05, 4.69) is 30.4 Å². The minimum Gasteiger partial charge on any atom is -0.352 e. The minimum absolute atomic E-state index is 0.100. The summed E-state index contributed by atoms with van der Waals surface area (Å²) in [6, 6.07) is 2.23. The van der Waals surface area contributed by atoms with Crippen LogP contribution in [0.3, 0.4) is 0 Å². The molecular weight excluding hydrogens is 320 g/mol. The predicted molar refractivity (Wildman–Crippen MR) is 91.4 cm³/mol. The van der Waals surface area contributed by atoms with Gasteiger partial charge in [0.2, 0.25) is 0 Å². The molecule has 25 heavy (non-hydrogen) atoms. The number of aryl methyl sites for hydroxylation is 2. The zero-order chi connectivity index (χ0) is 17.4. The van der Waals surface area contributed by atoms with Crippen LogP contribution in [0.1, 0.15) is 28.9 Å². The van der Waals surface area contributed by atoms with E-state index in [9.17, 15) is 4.79 Å². The summed E-state index contributed by atoms with van der Waals surface area (Å²) in [5.41, 5.74) is 1.48. The molecular formula is C16H20N8O. The number of carbonyl (C=O) groups excluding carboxylic acids is 1. The second-order valence-corrected chi connectivity index (χ2v) is 6.33. The van der Waals surface area contributed by atoms with Gasteiger partial charge in [-0.15, -0.1) is 0 Å². The third-order valence-electron chi connectivity index (χ3n) is 4.50. The van der Waals surface area contributed by atoms with E-state index in [1.807, 2.05) is 13.0 Å². The Hall–Kier alpha value is -2.97. The number of fused-ring (bicyclic) bond motifs is 1. The molecule has 0 aromatic carbocycles. The van der Waals surface area contributed by atoms with E-state index in [1.54, 1.807) is 28.6 Å². The van der Waals surface area contributed by atoms with E-state index in [-0.39, 0.29) is 11.9 Å². The molecule has 3 aromatic rings. The lowest BCUT2D eigenvalue weighted by molar-refractivity contribution is 0.0951. The van der Waals surface area contributed by atoms with E-state index in [0.29, 0.717) is 17.9 Å². The summed E-state index contributed by atoms with van der Waals surface area (Å²) in [5, 5.41) is 11.3. The van der Waals surface area contributed by atoms with Gasteiger partial charge in [0.05, 0.1) is 11.8 Å². The lowest BCUT2D eigenvalue weighted by Crippen LogP contribution is -2.41. The van der Waals surface area contributed by atoms with Gasteiger partial charge in [-0.25, -0.2) is 4.98 Å². The molecule has 1 fully saturated rings. The van der Waals surface area contributed by atoms with Crippen molar-refractivity contribution in [3.05, 3.63) is 36.0 Å². The van der Waals surface area contributed by atoms with Gasteiger partial charge >= 0.3 is 0 Å². The van der Waals surface area contributed by atoms with Crippen LogP contribution in [0, 0.1) is 6.92 Å². The average molecular weight is 340 g/mol. The summed E-state index contributed by atoms with van der Waals surface area (Å²) in [7, 11) is 1.80. The molecule has 1 aliphatic rings. The van der Waals surface area contributed by atoms with Crippen LogP contribution in [-0.2, 0) is 7.05 Å². The fraction of sp³-hybridized carbons (Fsp3) is 0.438. The van der Waals surface area contributed by atoms with Crippen LogP contribution in [0.2, 0.25) is 0 Å². The molecule has 4 heterocycles. The number of nitrogens with one attached hydrogen (secondary N) is 1. The maximum atomic E-state index is 12.3. The summed E-state index contributed by atoms with van der Waals surface area (Å²) in [6.45, 7) is 3.45. The van der Waals surface area contributed by atoms with Gasteiger partial charge in [-0.2, -0.15) is 19.7 Å². The molecule has 130 valence electrons. The van der Waals surface area contributed by atoms with Gasteiger partial charge in [-0.05, 0) is 19.8 Å². The maximum Gasteiger partial charge on any atom is 0.254 e. The average Bonchev–Trinajstić information content (AvgIpc) is 3.31. The normalized spacial score (nSPS) is 17.4. The molecule has 0 bridgehead atoms. The fourth-order valence-electron chi connectivity index (χ4n) is 3.32. The molecule has 0 saturated carbocycles. The molecule has 1 saturated heterocycles. The van der Waals surface area contributed by atoms with Gasteiger partial charge in [-0.1, -0.05) is 0 Å². The molecule has 0 spiro atoms. The standard InChI is InChI=1S/C16H20N8O/c1-11-6-14(24-16(21-11)18-10-20-24)23-5-3-4-13(23)8-17-15(25)12-7-19-22(2)9-12/h6-7,9-10,13H,3-5,8H2,1-2H3,(H,17,25). The van der Waals surface area contributed by atoms with Crippen molar-refractivity contribution in [2.24, 2.45) is 7.05 Å². The number of hydrogen-bond acceptors (Lipinski definition) is 6. The molecule has 3 aromatic heterocycles. The second kappa shape index (κ2) is 6.15. The quantitative estimate of drug-likeness (QED) is 0.746. The molecule has 1 aliphatic heterocycles. The molecule has 9 heteroatoms. The molecule has 0 aliphatic carbocycles. The lowest BCUT2D eigenvalue weighted by atomic mass is 10.2. The Kier molecular flexibility index (Phi) is 3.83. The predicted octanol–water partition coefficient (Wildman–Crippen LogP) is 0.565. The summed E-state index contributed by atoms with van der Waals surface area (Å²) in [5.74, 6) is 1.47. The Labute approximate surface area is 144 Å². The summed E-state index contributed by atoms with van der Waals surface area (Å²) >= 11 is 0. The molecule has 1 atom stereocenters. The summed E-state index contributed by atoms with van der Waals surface area (Å²) in [6.07, 6.45) is 6.90. The number of amides is 1. The van der Waals surface area contributed by atoms with Gasteiger partial charge in [0.15, 0.2) is 0 Å². The van der Waals surface area contributed by atoms with E-state index < -0.39 is 0 Å². The van der Waals surface area contributed by atoms with Crippen molar-refractivity contribution >= 4 is 17.5 Å². The van der Waals surface area contributed by atoms with Crippen LogP contribution in [0.5, 0.6) is 0 Å². The molecule has 9 nitrogen and oxygen atoms in total. The molecule has 1 unspecified atom stereocenters. The topological polar surface area (TPSA) is 93.2 Å². The van der Waals surface area contributed by atoms with Crippen molar-refractivity contribution in [2.45, 2.75) is 25.8 Å². The first-order valence-corrected chi connectivity index (χ1v) is 8.32. The van der Waals surface area contributed by atoms with Crippen LogP contribution in [0.25, 0.3) is 5.78 Å². The Morgan fingerprint density at radius 3 is 3.08 bits per heavy atom. The smallest absolute Gasteiger partial charge is 0.254 e. The lowest BCUT2D eigenvalue weighted by Gasteiger charge is -2.27. The number of carbonyl (C=O) groups is 1. The summed E-state index contributed by atoms with van der Waals surface area (Å²) < 4.78 is 3.38. The van der Waals surface area contributed by atoms with Crippen LogP contribution < -0.4 is 10.2 Å². The van der Waals surface area contributed by atoms with Crippen molar-refractivity contribution < 1.29 is 4.79 Å². The van der Waals surface area contributed by atoms with Crippen LogP contribution in [0.4, 0.5) is 5.82 Å². The highest BCUT2D eigenvalue weighted by molar-refractivity contribution is 5.93. The van der Waals surface area contributed by atoms with Gasteiger partial charge in [0, 0.05) is 44.1 Å². The highest BCUT2D eigenvalue weighted by atomic mass is 16.1. The Balaban J connectivity index is 1.52. The molecule has 1 N–H and O–H groups in total. The zero-order valence-electron chi connectivity index (χ0n) is 14.3. The Morgan fingerprint density at radius 2 is 2.28 bits per heavy atom. The highest BCUT2D eigenvalue weighted by Gasteiger charge is 2.27. The van der Waals surface area contributed by atoms with E-state index in [4.69, 9.17) is 0 Å². The largest absolute Gasteiger partial charge is 0.352 e. The van der Waals surface area contributed by atoms with E-state index >= 15 is 0 Å². The van der Waals surface area contributed by atoms with E-state index in [1.165, 1.54) is 6.33 Å². The van der Waals surface area contributed by atoms with Crippen molar-refractivity contribution in [3.63, 3.8) is 0 Å². The summed E-state index contributed by atoms with van der Waals surface area (Å²) in [4.78, 5) is 23.1. The second-order valence-electron chi connectivity index (χ2n) is 6.33. The molecule has 0 radical (unpaired) electrons. The van der Waals surface area contributed by atoms with Gasteiger partial charge < -0.3 is 10.2 Å². The van der Waals surface area contributed by atoms with Gasteiger partial charge in [0.25, 0.3) is 11.7 Å².